The Morgan fingerprint density at radius 2 is 2.14 bits per heavy atom. The molecule has 1 saturated carbocycles. The van der Waals surface area contributed by atoms with Gasteiger partial charge in [0.25, 0.3) is 5.91 Å². The van der Waals surface area contributed by atoms with Crippen LogP contribution < -0.4 is 5.32 Å². The quantitative estimate of drug-likeness (QED) is 0.820. The second kappa shape index (κ2) is 6.84. The number of benzene rings is 1. The molecular weight excluding hydrogens is 280 g/mol. The van der Waals surface area contributed by atoms with Crippen molar-refractivity contribution in [3.05, 3.63) is 29.8 Å². The van der Waals surface area contributed by atoms with Gasteiger partial charge in [0.2, 0.25) is 0 Å². The third kappa shape index (κ3) is 3.61. The Morgan fingerprint density at radius 3 is 2.81 bits per heavy atom. The molecule has 2 aliphatic rings. The average Bonchev–Trinajstić information content (AvgIpc) is 3.17. The first-order valence-electron chi connectivity index (χ1n) is 8.03. The lowest BCUT2D eigenvalue weighted by atomic mass is 10.1. The van der Waals surface area contributed by atoms with E-state index in [4.69, 9.17) is 0 Å². The van der Waals surface area contributed by atoms with Gasteiger partial charge in [-0.15, -0.1) is 11.8 Å². The third-order valence-corrected chi connectivity index (χ3v) is 5.26. The largest absolute Gasteiger partial charge is 0.334 e. The van der Waals surface area contributed by atoms with Crippen molar-refractivity contribution in [3.8, 4) is 0 Å². The molecule has 4 heteroatoms. The van der Waals surface area contributed by atoms with Gasteiger partial charge in [-0.25, -0.2) is 0 Å². The highest BCUT2D eigenvalue weighted by Gasteiger charge is 2.33. The number of carbonyl (C=O) groups excluding carboxylic acids is 1. The Labute approximate surface area is 131 Å². The van der Waals surface area contributed by atoms with Gasteiger partial charge in [-0.05, 0) is 49.6 Å². The highest BCUT2D eigenvalue weighted by atomic mass is 32.2. The molecule has 3 rings (SSSR count). The van der Waals surface area contributed by atoms with Crippen LogP contribution in [0.5, 0.6) is 0 Å². The molecule has 1 aliphatic heterocycles. The van der Waals surface area contributed by atoms with Gasteiger partial charge >= 0.3 is 0 Å². The summed E-state index contributed by atoms with van der Waals surface area (Å²) >= 11 is 1.76. The van der Waals surface area contributed by atoms with Gasteiger partial charge in [-0.3, -0.25) is 4.79 Å². The lowest BCUT2D eigenvalue weighted by Crippen LogP contribution is -2.43. The van der Waals surface area contributed by atoms with E-state index in [0.717, 1.165) is 48.2 Å². The second-order valence-electron chi connectivity index (χ2n) is 5.98. The SMILES string of the molecule is CCSc1ccccc1C(=O)N(CC1CC1)[C@H]1CCNC1. The van der Waals surface area contributed by atoms with E-state index < -0.39 is 0 Å². The molecule has 1 saturated heterocycles. The van der Waals surface area contributed by atoms with Crippen molar-refractivity contribution in [1.29, 1.82) is 0 Å². The minimum absolute atomic E-state index is 0.229. The molecule has 1 heterocycles. The van der Waals surface area contributed by atoms with Gasteiger partial charge in [0.05, 0.1) is 5.56 Å². The summed E-state index contributed by atoms with van der Waals surface area (Å²) in [4.78, 5) is 16.3. The van der Waals surface area contributed by atoms with Crippen LogP contribution in [0.2, 0.25) is 0 Å². The van der Waals surface area contributed by atoms with Crippen molar-refractivity contribution in [1.82, 2.24) is 10.2 Å². The molecule has 0 bridgehead atoms. The smallest absolute Gasteiger partial charge is 0.255 e. The summed E-state index contributed by atoms with van der Waals surface area (Å²) in [5, 5.41) is 3.39. The first kappa shape index (κ1) is 14.9. The van der Waals surface area contributed by atoms with Crippen molar-refractivity contribution in [3.63, 3.8) is 0 Å². The van der Waals surface area contributed by atoms with Crippen molar-refractivity contribution < 1.29 is 4.79 Å². The van der Waals surface area contributed by atoms with Crippen molar-refractivity contribution in [2.45, 2.75) is 37.1 Å². The van der Waals surface area contributed by atoms with Crippen LogP contribution in [-0.4, -0.2) is 42.2 Å². The van der Waals surface area contributed by atoms with Crippen LogP contribution in [-0.2, 0) is 0 Å². The van der Waals surface area contributed by atoms with Crippen LogP contribution >= 0.6 is 11.8 Å². The van der Waals surface area contributed by atoms with Crippen molar-refractivity contribution >= 4 is 17.7 Å². The number of nitrogens with one attached hydrogen (secondary N) is 1. The van der Waals surface area contributed by atoms with E-state index in [-0.39, 0.29) is 5.91 Å². The van der Waals surface area contributed by atoms with E-state index in [1.165, 1.54) is 12.8 Å². The van der Waals surface area contributed by atoms with Crippen LogP contribution in [0.1, 0.15) is 36.5 Å². The summed E-state index contributed by atoms with van der Waals surface area (Å²) in [5.74, 6) is 1.96. The average molecular weight is 304 g/mol. The van der Waals surface area contributed by atoms with Crippen LogP contribution in [0.25, 0.3) is 0 Å². The van der Waals surface area contributed by atoms with Gasteiger partial charge < -0.3 is 10.2 Å². The fourth-order valence-electron chi connectivity index (χ4n) is 2.96. The molecule has 3 nitrogen and oxygen atoms in total. The van der Waals surface area contributed by atoms with Crippen LogP contribution in [0, 0.1) is 5.92 Å². The standard InChI is InChI=1S/C17H24N2OS/c1-2-21-16-6-4-3-5-15(16)17(20)19(12-13-7-8-13)14-9-10-18-11-14/h3-6,13-14,18H,2,7-12H2,1H3/t14-/m0/s1. The number of hydrogen-bond donors (Lipinski definition) is 1. The number of nitrogens with zero attached hydrogens (tertiary/aromatic N) is 1. The highest BCUT2D eigenvalue weighted by Crippen LogP contribution is 2.32. The van der Waals surface area contributed by atoms with E-state index in [0.29, 0.717) is 6.04 Å². The van der Waals surface area contributed by atoms with Crippen LogP contribution in [0.15, 0.2) is 29.2 Å². The Bertz CT molecular complexity index is 495. The van der Waals surface area contributed by atoms with Gasteiger partial charge in [0.15, 0.2) is 0 Å². The third-order valence-electron chi connectivity index (χ3n) is 4.31. The first-order valence-corrected chi connectivity index (χ1v) is 9.01. The lowest BCUT2D eigenvalue weighted by molar-refractivity contribution is 0.0678. The molecule has 1 amide bonds. The molecule has 1 atom stereocenters. The minimum atomic E-state index is 0.229. The Kier molecular flexibility index (Phi) is 4.86. The normalized spacial score (nSPS) is 21.5. The fourth-order valence-corrected chi connectivity index (χ4v) is 3.76. The summed E-state index contributed by atoms with van der Waals surface area (Å²) in [6, 6.07) is 8.44. The maximum Gasteiger partial charge on any atom is 0.255 e. The van der Waals surface area contributed by atoms with E-state index in [2.05, 4.69) is 23.2 Å². The van der Waals surface area contributed by atoms with Gasteiger partial charge in [0.1, 0.15) is 0 Å². The molecule has 21 heavy (non-hydrogen) atoms. The zero-order valence-electron chi connectivity index (χ0n) is 12.7. The number of rotatable bonds is 6. The first-order chi connectivity index (χ1) is 10.3. The Balaban J connectivity index is 1.82. The number of thioether (sulfide) groups is 1. The predicted octanol–water partition coefficient (Wildman–Crippen LogP) is 3.01. The monoisotopic (exact) mass is 304 g/mol. The zero-order chi connectivity index (χ0) is 14.7. The summed E-state index contributed by atoms with van der Waals surface area (Å²) in [7, 11) is 0. The molecule has 0 radical (unpaired) electrons. The van der Waals surface area contributed by atoms with Crippen molar-refractivity contribution in [2.75, 3.05) is 25.4 Å². The minimum Gasteiger partial charge on any atom is -0.334 e. The molecule has 0 unspecified atom stereocenters. The number of amides is 1. The van der Waals surface area contributed by atoms with Gasteiger partial charge in [0, 0.05) is 24.0 Å². The van der Waals surface area contributed by atoms with E-state index in [1.54, 1.807) is 11.8 Å². The van der Waals surface area contributed by atoms with Crippen molar-refractivity contribution in [2.24, 2.45) is 5.92 Å². The van der Waals surface area contributed by atoms with Gasteiger partial charge in [-0.1, -0.05) is 19.1 Å². The van der Waals surface area contributed by atoms with E-state index in [9.17, 15) is 4.79 Å². The maximum atomic E-state index is 13.1. The van der Waals surface area contributed by atoms with E-state index >= 15 is 0 Å². The molecule has 1 aromatic carbocycles. The molecule has 2 fully saturated rings. The highest BCUT2D eigenvalue weighted by molar-refractivity contribution is 7.99. The molecule has 114 valence electrons. The van der Waals surface area contributed by atoms with Crippen LogP contribution in [0.3, 0.4) is 0 Å². The van der Waals surface area contributed by atoms with E-state index in [1.807, 2.05) is 18.2 Å². The fraction of sp³-hybridized carbons (Fsp3) is 0.588. The Morgan fingerprint density at radius 1 is 1.33 bits per heavy atom. The molecule has 0 aromatic heterocycles. The molecular formula is C17H24N2OS. The lowest BCUT2D eigenvalue weighted by Gasteiger charge is -2.29. The maximum absolute atomic E-state index is 13.1. The summed E-state index contributed by atoms with van der Waals surface area (Å²) in [5.41, 5.74) is 0.886. The second-order valence-corrected chi connectivity index (χ2v) is 7.28. The zero-order valence-corrected chi connectivity index (χ0v) is 13.5. The summed E-state index contributed by atoms with van der Waals surface area (Å²) in [6.07, 6.45) is 3.66. The molecule has 0 spiro atoms. The summed E-state index contributed by atoms with van der Waals surface area (Å²) < 4.78 is 0. The molecule has 1 aromatic rings. The molecule has 1 aliphatic carbocycles. The van der Waals surface area contributed by atoms with Crippen LogP contribution in [0.4, 0.5) is 0 Å². The molecule has 1 N–H and O–H groups in total. The Hall–Kier alpha value is -1.00. The number of hydrogen-bond acceptors (Lipinski definition) is 3. The topological polar surface area (TPSA) is 32.3 Å². The summed E-state index contributed by atoms with van der Waals surface area (Å²) in [6.45, 7) is 5.05. The number of carbonyl (C=O) groups is 1. The predicted molar refractivity (Wildman–Crippen MR) is 87.9 cm³/mol. The van der Waals surface area contributed by atoms with Gasteiger partial charge in [-0.2, -0.15) is 0 Å².